The average Bonchev–Trinajstić information content (AvgIpc) is 2.30. The highest BCUT2D eigenvalue weighted by Crippen LogP contribution is 2.28. The Hall–Kier alpha value is -1.09. The summed E-state index contributed by atoms with van der Waals surface area (Å²) in [5, 5.41) is 3.38. The number of nitrogens with zero attached hydrogens (tertiary/aromatic N) is 1. The average molecular weight is 206 g/mol. The second-order valence-corrected chi connectivity index (χ2v) is 4.11. The number of methoxy groups -OCH3 is 1. The molecule has 15 heavy (non-hydrogen) atoms. The lowest BCUT2D eigenvalue weighted by Crippen LogP contribution is -2.27. The van der Waals surface area contributed by atoms with E-state index in [1.165, 1.54) is 24.0 Å². The number of hydrogen-bond donors (Lipinski definition) is 1. The van der Waals surface area contributed by atoms with E-state index in [0.29, 0.717) is 11.8 Å². The summed E-state index contributed by atoms with van der Waals surface area (Å²) in [7, 11) is 1.66. The molecule has 1 fully saturated rings. The molecule has 0 aliphatic carbocycles. The summed E-state index contributed by atoms with van der Waals surface area (Å²) in [5.41, 5.74) is 2.69. The Balaban J connectivity index is 2.19. The van der Waals surface area contributed by atoms with Gasteiger partial charge in [0.1, 0.15) is 0 Å². The fraction of sp³-hybridized carbons (Fsp3) is 0.583. The first-order valence-electron chi connectivity index (χ1n) is 5.52. The highest BCUT2D eigenvalue weighted by molar-refractivity contribution is 5.31. The fourth-order valence-electron chi connectivity index (χ4n) is 2.21. The van der Waals surface area contributed by atoms with Gasteiger partial charge in [0.2, 0.25) is 5.88 Å². The molecule has 0 spiro atoms. The molecule has 1 aliphatic heterocycles. The van der Waals surface area contributed by atoms with Gasteiger partial charge in [-0.3, -0.25) is 0 Å². The van der Waals surface area contributed by atoms with Gasteiger partial charge in [-0.1, -0.05) is 0 Å². The monoisotopic (exact) mass is 206 g/mol. The van der Waals surface area contributed by atoms with E-state index < -0.39 is 0 Å². The van der Waals surface area contributed by atoms with Crippen LogP contribution in [0.4, 0.5) is 0 Å². The van der Waals surface area contributed by atoms with E-state index in [-0.39, 0.29) is 0 Å². The topological polar surface area (TPSA) is 34.1 Å². The molecule has 82 valence electrons. The SMILES string of the molecule is COc1cc(C)c(C2CCNCC2)cn1. The summed E-state index contributed by atoms with van der Waals surface area (Å²) in [6.45, 7) is 4.38. The van der Waals surface area contributed by atoms with Crippen molar-refractivity contribution < 1.29 is 4.74 Å². The van der Waals surface area contributed by atoms with Crippen molar-refractivity contribution in [3.05, 3.63) is 23.4 Å². The minimum atomic E-state index is 0.671. The van der Waals surface area contributed by atoms with E-state index in [4.69, 9.17) is 4.74 Å². The zero-order valence-electron chi connectivity index (χ0n) is 9.42. The van der Waals surface area contributed by atoms with Crippen LogP contribution in [0.1, 0.15) is 29.9 Å². The van der Waals surface area contributed by atoms with Crippen molar-refractivity contribution in [1.29, 1.82) is 0 Å². The Morgan fingerprint density at radius 2 is 2.13 bits per heavy atom. The number of rotatable bonds is 2. The third-order valence-electron chi connectivity index (χ3n) is 3.11. The lowest BCUT2D eigenvalue weighted by molar-refractivity contribution is 0.395. The molecule has 0 aromatic carbocycles. The number of aromatic nitrogens is 1. The van der Waals surface area contributed by atoms with Crippen LogP contribution in [0.3, 0.4) is 0 Å². The summed E-state index contributed by atoms with van der Waals surface area (Å²) in [4.78, 5) is 4.29. The third kappa shape index (κ3) is 2.29. The predicted octanol–water partition coefficient (Wildman–Crippen LogP) is 1.87. The van der Waals surface area contributed by atoms with Crippen molar-refractivity contribution in [2.75, 3.05) is 20.2 Å². The third-order valence-corrected chi connectivity index (χ3v) is 3.11. The van der Waals surface area contributed by atoms with Crippen molar-refractivity contribution in [2.45, 2.75) is 25.7 Å². The van der Waals surface area contributed by atoms with Crippen LogP contribution in [-0.4, -0.2) is 25.2 Å². The number of nitrogens with one attached hydrogen (secondary N) is 1. The molecule has 0 radical (unpaired) electrons. The fourth-order valence-corrected chi connectivity index (χ4v) is 2.21. The maximum atomic E-state index is 5.11. The van der Waals surface area contributed by atoms with Gasteiger partial charge in [0.05, 0.1) is 7.11 Å². The molecular formula is C12H18N2O. The Morgan fingerprint density at radius 1 is 1.40 bits per heavy atom. The van der Waals surface area contributed by atoms with Crippen molar-refractivity contribution in [1.82, 2.24) is 10.3 Å². The Labute approximate surface area is 90.9 Å². The van der Waals surface area contributed by atoms with Gasteiger partial charge in [0.25, 0.3) is 0 Å². The number of aryl methyl sites for hydroxylation is 1. The Morgan fingerprint density at radius 3 is 2.73 bits per heavy atom. The zero-order chi connectivity index (χ0) is 10.7. The lowest BCUT2D eigenvalue weighted by Gasteiger charge is -2.24. The van der Waals surface area contributed by atoms with Crippen LogP contribution in [0.5, 0.6) is 5.88 Å². The minimum Gasteiger partial charge on any atom is -0.481 e. The molecule has 0 bridgehead atoms. The van der Waals surface area contributed by atoms with Crippen LogP contribution in [0.2, 0.25) is 0 Å². The Kier molecular flexibility index (Phi) is 3.21. The first-order valence-corrected chi connectivity index (χ1v) is 5.52. The highest BCUT2D eigenvalue weighted by atomic mass is 16.5. The molecule has 3 nitrogen and oxygen atoms in total. The summed E-state index contributed by atoms with van der Waals surface area (Å²) < 4.78 is 5.11. The summed E-state index contributed by atoms with van der Waals surface area (Å²) >= 11 is 0. The normalized spacial score (nSPS) is 17.7. The van der Waals surface area contributed by atoms with E-state index in [1.807, 2.05) is 12.3 Å². The smallest absolute Gasteiger partial charge is 0.213 e. The van der Waals surface area contributed by atoms with Gasteiger partial charge in [-0.05, 0) is 49.9 Å². The summed E-state index contributed by atoms with van der Waals surface area (Å²) in [6.07, 6.45) is 4.41. The number of piperidine rings is 1. The van der Waals surface area contributed by atoms with Gasteiger partial charge >= 0.3 is 0 Å². The standard InChI is InChI=1S/C12H18N2O/c1-9-7-12(15-2)14-8-11(9)10-3-5-13-6-4-10/h7-8,10,13H,3-6H2,1-2H3. The minimum absolute atomic E-state index is 0.671. The van der Waals surface area contributed by atoms with Gasteiger partial charge in [0.15, 0.2) is 0 Å². The van der Waals surface area contributed by atoms with Crippen molar-refractivity contribution in [2.24, 2.45) is 0 Å². The number of hydrogen-bond acceptors (Lipinski definition) is 3. The van der Waals surface area contributed by atoms with Crippen LogP contribution < -0.4 is 10.1 Å². The quantitative estimate of drug-likeness (QED) is 0.802. The van der Waals surface area contributed by atoms with Gasteiger partial charge in [-0.15, -0.1) is 0 Å². The van der Waals surface area contributed by atoms with Crippen molar-refractivity contribution in [3.8, 4) is 5.88 Å². The van der Waals surface area contributed by atoms with E-state index in [2.05, 4.69) is 17.2 Å². The maximum Gasteiger partial charge on any atom is 0.213 e. The van der Waals surface area contributed by atoms with Gasteiger partial charge in [0, 0.05) is 12.3 Å². The zero-order valence-corrected chi connectivity index (χ0v) is 9.42. The molecule has 0 amide bonds. The van der Waals surface area contributed by atoms with Crippen LogP contribution in [0, 0.1) is 6.92 Å². The summed E-state index contributed by atoms with van der Waals surface area (Å²) in [5.74, 6) is 1.38. The largest absolute Gasteiger partial charge is 0.481 e. The lowest BCUT2D eigenvalue weighted by atomic mass is 9.89. The maximum absolute atomic E-state index is 5.11. The molecule has 0 atom stereocenters. The first kappa shape index (κ1) is 10.4. The summed E-state index contributed by atoms with van der Waals surface area (Å²) in [6, 6.07) is 2.03. The van der Waals surface area contributed by atoms with Crippen molar-refractivity contribution in [3.63, 3.8) is 0 Å². The first-order chi connectivity index (χ1) is 7.31. The van der Waals surface area contributed by atoms with Crippen molar-refractivity contribution >= 4 is 0 Å². The van der Waals surface area contributed by atoms with Gasteiger partial charge in [-0.25, -0.2) is 4.98 Å². The molecular weight excluding hydrogens is 188 g/mol. The predicted molar refractivity (Wildman–Crippen MR) is 60.4 cm³/mol. The molecule has 1 saturated heterocycles. The van der Waals surface area contributed by atoms with Crippen LogP contribution in [0.15, 0.2) is 12.3 Å². The number of ether oxygens (including phenoxy) is 1. The molecule has 2 heterocycles. The van der Waals surface area contributed by atoms with E-state index >= 15 is 0 Å². The number of pyridine rings is 1. The molecule has 2 rings (SSSR count). The molecule has 1 aromatic rings. The molecule has 3 heteroatoms. The van der Waals surface area contributed by atoms with Gasteiger partial charge in [-0.2, -0.15) is 0 Å². The Bertz CT molecular complexity index is 332. The van der Waals surface area contributed by atoms with Crippen LogP contribution >= 0.6 is 0 Å². The highest BCUT2D eigenvalue weighted by Gasteiger charge is 2.17. The molecule has 0 saturated carbocycles. The van der Waals surface area contributed by atoms with Crippen LogP contribution in [0.25, 0.3) is 0 Å². The molecule has 0 unspecified atom stereocenters. The molecule has 1 aromatic heterocycles. The van der Waals surface area contributed by atoms with Gasteiger partial charge < -0.3 is 10.1 Å². The van der Waals surface area contributed by atoms with Crippen LogP contribution in [-0.2, 0) is 0 Å². The van der Waals surface area contributed by atoms with E-state index in [9.17, 15) is 0 Å². The van der Waals surface area contributed by atoms with E-state index in [1.54, 1.807) is 7.11 Å². The molecule has 1 N–H and O–H groups in total. The second-order valence-electron chi connectivity index (χ2n) is 4.11. The second kappa shape index (κ2) is 4.62. The molecule has 1 aliphatic rings. The van der Waals surface area contributed by atoms with E-state index in [0.717, 1.165) is 13.1 Å².